The van der Waals surface area contributed by atoms with Crippen molar-refractivity contribution in [2.75, 3.05) is 5.73 Å². The van der Waals surface area contributed by atoms with Crippen molar-refractivity contribution in [3.05, 3.63) is 23.8 Å². The molecule has 0 aliphatic heterocycles. The molecule has 1 aromatic carbocycles. The Morgan fingerprint density at radius 2 is 2.05 bits per heavy atom. The Hall–Kier alpha value is -2.04. The van der Waals surface area contributed by atoms with Crippen LogP contribution in [0.5, 0.6) is 0 Å². The van der Waals surface area contributed by atoms with Crippen molar-refractivity contribution in [1.82, 2.24) is 9.55 Å². The molecule has 0 spiro atoms. The fraction of sp³-hybridized carbons (Fsp3) is 0.429. The monoisotopic (exact) mass is 259 g/mol. The van der Waals surface area contributed by atoms with Crippen LogP contribution in [0.2, 0.25) is 0 Å². The average Bonchev–Trinajstić information content (AvgIpc) is 2.74. The van der Waals surface area contributed by atoms with Gasteiger partial charge >= 0.3 is 5.97 Å². The zero-order valence-electron chi connectivity index (χ0n) is 10.7. The Balaban J connectivity index is 2.09. The van der Waals surface area contributed by atoms with E-state index in [0.29, 0.717) is 17.5 Å². The van der Waals surface area contributed by atoms with Crippen LogP contribution in [0, 0.1) is 0 Å². The minimum absolute atomic E-state index is 0.251. The number of anilines is 1. The molecule has 0 unspecified atom stereocenters. The third kappa shape index (κ3) is 2.05. The van der Waals surface area contributed by atoms with E-state index < -0.39 is 5.97 Å². The summed E-state index contributed by atoms with van der Waals surface area (Å²) in [5, 5.41) is 9.00. The van der Waals surface area contributed by atoms with Crippen LogP contribution in [-0.2, 0) is 0 Å². The lowest BCUT2D eigenvalue weighted by Crippen LogP contribution is -2.14. The first-order chi connectivity index (χ1) is 9.16. The molecule has 1 aromatic heterocycles. The number of hydrogen-bond donors (Lipinski definition) is 2. The molecule has 1 heterocycles. The Bertz CT molecular complexity index is 627. The normalized spacial score (nSPS) is 16.8. The van der Waals surface area contributed by atoms with E-state index in [0.717, 1.165) is 18.4 Å². The number of carboxylic acid groups (broad SMARTS) is 1. The van der Waals surface area contributed by atoms with Crippen molar-refractivity contribution >= 4 is 23.0 Å². The molecule has 0 bridgehead atoms. The van der Waals surface area contributed by atoms with Gasteiger partial charge in [-0.2, -0.15) is 0 Å². The SMILES string of the molecule is Nc1nc2cc(C(=O)O)ccc2n1C1CCCCC1. The van der Waals surface area contributed by atoms with Gasteiger partial charge in [-0.25, -0.2) is 9.78 Å². The number of nitrogens with two attached hydrogens (primary N) is 1. The smallest absolute Gasteiger partial charge is 0.335 e. The molecule has 0 amide bonds. The molecular weight excluding hydrogens is 242 g/mol. The van der Waals surface area contributed by atoms with E-state index in [1.807, 2.05) is 6.07 Å². The van der Waals surface area contributed by atoms with Gasteiger partial charge in [0.25, 0.3) is 0 Å². The van der Waals surface area contributed by atoms with E-state index in [2.05, 4.69) is 9.55 Å². The Morgan fingerprint density at radius 3 is 2.74 bits per heavy atom. The van der Waals surface area contributed by atoms with E-state index in [9.17, 15) is 4.79 Å². The number of rotatable bonds is 2. The summed E-state index contributed by atoms with van der Waals surface area (Å²) in [5.74, 6) is -0.447. The van der Waals surface area contributed by atoms with Crippen LogP contribution in [0.3, 0.4) is 0 Å². The molecule has 19 heavy (non-hydrogen) atoms. The summed E-state index contributed by atoms with van der Waals surface area (Å²) in [4.78, 5) is 15.3. The van der Waals surface area contributed by atoms with Crippen molar-refractivity contribution in [3.8, 4) is 0 Å². The van der Waals surface area contributed by atoms with Gasteiger partial charge in [-0.15, -0.1) is 0 Å². The lowest BCUT2D eigenvalue weighted by molar-refractivity contribution is 0.0697. The lowest BCUT2D eigenvalue weighted by Gasteiger charge is -2.24. The number of aromatic nitrogens is 2. The van der Waals surface area contributed by atoms with Gasteiger partial charge in [0, 0.05) is 6.04 Å². The van der Waals surface area contributed by atoms with Crippen molar-refractivity contribution < 1.29 is 9.90 Å². The third-order valence-electron chi connectivity index (χ3n) is 3.90. The first kappa shape index (κ1) is 12.0. The number of carboxylic acids is 1. The topological polar surface area (TPSA) is 81.1 Å². The molecule has 5 heteroatoms. The summed E-state index contributed by atoms with van der Waals surface area (Å²) in [5.41, 5.74) is 7.87. The molecule has 2 aromatic rings. The van der Waals surface area contributed by atoms with Gasteiger partial charge in [-0.3, -0.25) is 0 Å². The second-order valence-corrected chi connectivity index (χ2v) is 5.14. The minimum atomic E-state index is -0.937. The van der Waals surface area contributed by atoms with E-state index in [1.54, 1.807) is 12.1 Å². The number of carbonyl (C=O) groups is 1. The molecule has 0 radical (unpaired) electrons. The molecule has 1 aliphatic rings. The van der Waals surface area contributed by atoms with Gasteiger partial charge in [-0.05, 0) is 31.0 Å². The van der Waals surface area contributed by atoms with E-state index in [4.69, 9.17) is 10.8 Å². The van der Waals surface area contributed by atoms with Crippen LogP contribution in [0.1, 0.15) is 48.5 Å². The molecule has 3 rings (SSSR count). The summed E-state index contributed by atoms with van der Waals surface area (Å²) in [6, 6.07) is 5.42. The zero-order valence-corrected chi connectivity index (χ0v) is 10.7. The molecule has 100 valence electrons. The largest absolute Gasteiger partial charge is 0.478 e. The lowest BCUT2D eigenvalue weighted by atomic mass is 9.95. The molecular formula is C14H17N3O2. The second kappa shape index (κ2) is 4.57. The van der Waals surface area contributed by atoms with Crippen molar-refractivity contribution in [2.45, 2.75) is 38.1 Å². The summed E-state index contributed by atoms with van der Waals surface area (Å²) in [6.07, 6.45) is 5.97. The maximum atomic E-state index is 11.0. The fourth-order valence-corrected chi connectivity index (χ4v) is 2.97. The maximum Gasteiger partial charge on any atom is 0.335 e. The van der Waals surface area contributed by atoms with Crippen LogP contribution in [0.25, 0.3) is 11.0 Å². The van der Waals surface area contributed by atoms with Crippen LogP contribution >= 0.6 is 0 Å². The van der Waals surface area contributed by atoms with Gasteiger partial charge < -0.3 is 15.4 Å². The maximum absolute atomic E-state index is 11.0. The van der Waals surface area contributed by atoms with Crippen molar-refractivity contribution in [1.29, 1.82) is 0 Å². The third-order valence-corrected chi connectivity index (χ3v) is 3.90. The number of fused-ring (bicyclic) bond motifs is 1. The van der Waals surface area contributed by atoms with Crippen LogP contribution in [0.4, 0.5) is 5.95 Å². The Labute approximate surface area is 111 Å². The number of imidazole rings is 1. The molecule has 3 N–H and O–H groups in total. The average molecular weight is 259 g/mol. The standard InChI is InChI=1S/C14H17N3O2/c15-14-16-11-8-9(13(18)19)6-7-12(11)17(14)10-4-2-1-3-5-10/h6-8,10H,1-5H2,(H2,15,16)(H,18,19). The Morgan fingerprint density at radius 1 is 1.32 bits per heavy atom. The first-order valence-electron chi connectivity index (χ1n) is 6.67. The quantitative estimate of drug-likeness (QED) is 0.868. The molecule has 1 aliphatic carbocycles. The molecule has 1 saturated carbocycles. The van der Waals surface area contributed by atoms with Gasteiger partial charge in [-0.1, -0.05) is 19.3 Å². The number of nitrogens with zero attached hydrogens (tertiary/aromatic N) is 2. The molecule has 1 fully saturated rings. The second-order valence-electron chi connectivity index (χ2n) is 5.14. The first-order valence-corrected chi connectivity index (χ1v) is 6.67. The van der Waals surface area contributed by atoms with Gasteiger partial charge in [0.05, 0.1) is 16.6 Å². The van der Waals surface area contributed by atoms with E-state index >= 15 is 0 Å². The number of nitrogen functional groups attached to an aromatic ring is 1. The number of benzene rings is 1. The van der Waals surface area contributed by atoms with E-state index in [1.165, 1.54) is 19.3 Å². The summed E-state index contributed by atoms with van der Waals surface area (Å²) < 4.78 is 2.07. The highest BCUT2D eigenvalue weighted by atomic mass is 16.4. The van der Waals surface area contributed by atoms with Crippen molar-refractivity contribution in [3.63, 3.8) is 0 Å². The predicted octanol–water partition coefficient (Wildman–Crippen LogP) is 2.82. The van der Waals surface area contributed by atoms with Crippen molar-refractivity contribution in [2.24, 2.45) is 0 Å². The van der Waals surface area contributed by atoms with Crippen LogP contribution < -0.4 is 5.73 Å². The highest BCUT2D eigenvalue weighted by Crippen LogP contribution is 2.33. The van der Waals surface area contributed by atoms with Gasteiger partial charge in [0.2, 0.25) is 5.95 Å². The summed E-state index contributed by atoms with van der Waals surface area (Å²) >= 11 is 0. The summed E-state index contributed by atoms with van der Waals surface area (Å²) in [7, 11) is 0. The van der Waals surface area contributed by atoms with Crippen LogP contribution in [-0.4, -0.2) is 20.6 Å². The Kier molecular flexibility index (Phi) is 2.89. The number of hydrogen-bond acceptors (Lipinski definition) is 3. The highest BCUT2D eigenvalue weighted by molar-refractivity contribution is 5.93. The highest BCUT2D eigenvalue weighted by Gasteiger charge is 2.20. The summed E-state index contributed by atoms with van der Waals surface area (Å²) in [6.45, 7) is 0. The molecule has 5 nitrogen and oxygen atoms in total. The fourth-order valence-electron chi connectivity index (χ4n) is 2.97. The molecule has 0 atom stereocenters. The predicted molar refractivity (Wildman–Crippen MR) is 73.2 cm³/mol. The zero-order chi connectivity index (χ0) is 13.4. The van der Waals surface area contributed by atoms with Crippen LogP contribution in [0.15, 0.2) is 18.2 Å². The number of aromatic carboxylic acids is 1. The van der Waals surface area contributed by atoms with Gasteiger partial charge in [0.1, 0.15) is 0 Å². The molecule has 0 saturated heterocycles. The minimum Gasteiger partial charge on any atom is -0.478 e. The van der Waals surface area contributed by atoms with E-state index in [-0.39, 0.29) is 5.56 Å². The van der Waals surface area contributed by atoms with Gasteiger partial charge in [0.15, 0.2) is 0 Å².